The first-order chi connectivity index (χ1) is 28.8. The van der Waals surface area contributed by atoms with Crippen molar-refractivity contribution in [3.05, 3.63) is 24.3 Å². The van der Waals surface area contributed by atoms with E-state index in [1.54, 1.807) is 12.2 Å². The number of rotatable bonds is 27. The van der Waals surface area contributed by atoms with Crippen molar-refractivity contribution in [2.24, 2.45) is 0 Å². The van der Waals surface area contributed by atoms with Gasteiger partial charge in [-0.1, -0.05) is 83.1 Å². The molecule has 3 fully saturated rings. The number of nitrogens with one attached hydrogen (secondary N) is 1. The van der Waals surface area contributed by atoms with Gasteiger partial charge in [-0.2, -0.15) is 0 Å². The van der Waals surface area contributed by atoms with Gasteiger partial charge in [-0.05, 0) is 32.1 Å². The van der Waals surface area contributed by atoms with Crippen LogP contribution in [-0.4, -0.2) is 193 Å². The maximum atomic E-state index is 12.9. The fraction of sp³-hybridized carbons (Fsp3) is 0.878. The van der Waals surface area contributed by atoms with E-state index in [4.69, 9.17) is 28.4 Å². The molecule has 0 saturated carbocycles. The molecule has 19 nitrogen and oxygen atoms in total. The van der Waals surface area contributed by atoms with Gasteiger partial charge in [-0.25, -0.2) is 0 Å². The average Bonchev–Trinajstić information content (AvgIpc) is 3.24. The van der Waals surface area contributed by atoms with Crippen molar-refractivity contribution in [3.8, 4) is 0 Å². The van der Waals surface area contributed by atoms with Crippen LogP contribution in [0.2, 0.25) is 0 Å². The van der Waals surface area contributed by atoms with E-state index in [-0.39, 0.29) is 18.9 Å². The van der Waals surface area contributed by atoms with Crippen molar-refractivity contribution in [1.82, 2.24) is 5.32 Å². The summed E-state index contributed by atoms with van der Waals surface area (Å²) < 4.78 is 33.8. The highest BCUT2D eigenvalue weighted by Gasteiger charge is 2.53. The topological polar surface area (TPSA) is 307 Å². The number of carbonyl (C=O) groups is 1. The van der Waals surface area contributed by atoms with Gasteiger partial charge < -0.3 is 89.9 Å². The Kier molecular flexibility index (Phi) is 24.7. The number of amides is 1. The third-order valence-electron chi connectivity index (χ3n) is 11.0. The molecule has 0 radical (unpaired) electrons. The van der Waals surface area contributed by atoms with E-state index in [1.807, 2.05) is 0 Å². The zero-order valence-corrected chi connectivity index (χ0v) is 34.9. The van der Waals surface area contributed by atoms with Gasteiger partial charge in [0.25, 0.3) is 0 Å². The molecule has 3 rings (SSSR count). The summed E-state index contributed by atoms with van der Waals surface area (Å²) in [4.78, 5) is 12.9. The Labute approximate surface area is 352 Å². The number of aliphatic hydroxyl groups excluding tert-OH is 11. The van der Waals surface area contributed by atoms with E-state index in [0.29, 0.717) is 12.8 Å². The lowest BCUT2D eigenvalue weighted by atomic mass is 9.96. The fourth-order valence-corrected chi connectivity index (χ4v) is 7.26. The van der Waals surface area contributed by atoms with Crippen molar-refractivity contribution >= 4 is 5.91 Å². The first kappa shape index (κ1) is 52.6. The molecule has 0 bridgehead atoms. The number of unbranched alkanes of at least 4 members (excludes halogenated alkanes) is 9. The second-order valence-corrected chi connectivity index (χ2v) is 15.8. The van der Waals surface area contributed by atoms with Crippen LogP contribution in [0.1, 0.15) is 97.3 Å². The molecule has 0 aromatic rings. The Bertz CT molecular complexity index is 1230. The van der Waals surface area contributed by atoms with Crippen LogP contribution in [0.4, 0.5) is 0 Å². The lowest BCUT2D eigenvalue weighted by Crippen LogP contribution is -2.66. The quantitative estimate of drug-likeness (QED) is 0.0331. The lowest BCUT2D eigenvalue weighted by molar-refractivity contribution is -0.379. The summed E-state index contributed by atoms with van der Waals surface area (Å²) in [6.07, 6.45) is -6.98. The maximum absolute atomic E-state index is 12.9. The smallest absolute Gasteiger partial charge is 0.220 e. The second-order valence-electron chi connectivity index (χ2n) is 15.8. The molecule has 12 N–H and O–H groups in total. The Morgan fingerprint density at radius 1 is 0.583 bits per heavy atom. The van der Waals surface area contributed by atoms with Crippen molar-refractivity contribution in [2.45, 2.75) is 202 Å². The van der Waals surface area contributed by atoms with Crippen LogP contribution < -0.4 is 5.32 Å². The number of ether oxygens (including phenoxy) is 6. The molecule has 0 aliphatic carbocycles. The van der Waals surface area contributed by atoms with Crippen LogP contribution in [0.3, 0.4) is 0 Å². The normalized spacial score (nSPS) is 36.2. The molecule has 3 aliphatic rings. The van der Waals surface area contributed by atoms with Crippen LogP contribution in [-0.2, 0) is 33.2 Å². The number of hydrogen-bond donors (Lipinski definition) is 12. The Balaban J connectivity index is 1.62. The van der Waals surface area contributed by atoms with Crippen molar-refractivity contribution < 1.29 is 89.4 Å². The first-order valence-corrected chi connectivity index (χ1v) is 21.6. The van der Waals surface area contributed by atoms with E-state index in [1.165, 1.54) is 25.7 Å². The van der Waals surface area contributed by atoms with E-state index in [9.17, 15) is 61.0 Å². The maximum Gasteiger partial charge on any atom is 0.220 e. The summed E-state index contributed by atoms with van der Waals surface area (Å²) in [7, 11) is 0. The van der Waals surface area contributed by atoms with Gasteiger partial charge in [0.2, 0.25) is 5.91 Å². The lowest BCUT2D eigenvalue weighted by Gasteiger charge is -2.48. The number of aliphatic hydroxyl groups is 11. The molecule has 19 heteroatoms. The number of hydrogen-bond acceptors (Lipinski definition) is 18. The molecule has 17 atom stereocenters. The van der Waals surface area contributed by atoms with Gasteiger partial charge in [0.05, 0.1) is 38.6 Å². The van der Waals surface area contributed by atoms with Crippen LogP contribution >= 0.6 is 0 Å². The predicted octanol–water partition coefficient (Wildman–Crippen LogP) is -1.48. The zero-order valence-electron chi connectivity index (χ0n) is 34.9. The van der Waals surface area contributed by atoms with E-state index in [2.05, 4.69) is 31.3 Å². The van der Waals surface area contributed by atoms with Crippen LogP contribution in [0.5, 0.6) is 0 Å². The molecule has 17 unspecified atom stereocenters. The van der Waals surface area contributed by atoms with Gasteiger partial charge >= 0.3 is 0 Å². The molecule has 0 spiro atoms. The van der Waals surface area contributed by atoms with Crippen LogP contribution in [0, 0.1) is 0 Å². The Morgan fingerprint density at radius 3 is 1.65 bits per heavy atom. The zero-order chi connectivity index (χ0) is 44.2. The molecule has 0 aromatic carbocycles. The minimum Gasteiger partial charge on any atom is -0.394 e. The molecular formula is C41H73NO18. The van der Waals surface area contributed by atoms with Crippen LogP contribution in [0.25, 0.3) is 0 Å². The Hall–Kier alpha value is -1.73. The first-order valence-electron chi connectivity index (χ1n) is 21.6. The highest BCUT2D eigenvalue weighted by atomic mass is 16.8. The molecular weight excluding hydrogens is 794 g/mol. The summed E-state index contributed by atoms with van der Waals surface area (Å²) in [6, 6.07) is -0.978. The van der Waals surface area contributed by atoms with Gasteiger partial charge in [-0.3, -0.25) is 4.79 Å². The summed E-state index contributed by atoms with van der Waals surface area (Å²) in [5, 5.41) is 119. The standard InChI is InChI=1S/C41H73NO18/c1-3-5-7-9-10-11-12-13-14-15-16-18-25(46)24(42-29(47)19-17-8-6-4-2)23-55-39-35(53)32(50)37(27(21-44)57-39)60-41-36(54)33(51)38(28(22-45)58-41)59-40-34(52)31(49)30(48)26(20-43)56-40/h12-13,16,18,24-28,30-41,43-46,48-54H,3-11,14-15,17,19-23H2,1-2H3,(H,42,47)/b13-12+,18-16+. The average molecular weight is 868 g/mol. The molecule has 3 saturated heterocycles. The van der Waals surface area contributed by atoms with E-state index >= 15 is 0 Å². The fourth-order valence-electron chi connectivity index (χ4n) is 7.26. The monoisotopic (exact) mass is 867 g/mol. The molecule has 3 heterocycles. The van der Waals surface area contributed by atoms with E-state index in [0.717, 1.165) is 38.5 Å². The molecule has 1 amide bonds. The largest absolute Gasteiger partial charge is 0.394 e. The van der Waals surface area contributed by atoms with Crippen molar-refractivity contribution in [2.75, 3.05) is 26.4 Å². The number of allylic oxidation sites excluding steroid dienone is 3. The molecule has 3 aliphatic heterocycles. The second kappa shape index (κ2) is 28.1. The van der Waals surface area contributed by atoms with Gasteiger partial charge in [0.15, 0.2) is 18.9 Å². The van der Waals surface area contributed by atoms with Crippen molar-refractivity contribution in [3.63, 3.8) is 0 Å². The third-order valence-corrected chi connectivity index (χ3v) is 11.0. The third kappa shape index (κ3) is 15.8. The molecule has 0 aromatic heterocycles. The molecule has 350 valence electrons. The number of carbonyl (C=O) groups excluding carboxylic acids is 1. The SMILES string of the molecule is CCCCCCC/C=C/CC/C=C/C(O)C(COC1OC(CO)C(OC2OC(CO)C(OC3OC(CO)C(O)C(O)C3O)C(O)C2O)C(O)C1O)NC(=O)CCCCCC. The summed E-state index contributed by atoms with van der Waals surface area (Å²) in [6.45, 7) is 1.45. The highest BCUT2D eigenvalue weighted by Crippen LogP contribution is 2.32. The van der Waals surface area contributed by atoms with Crippen LogP contribution in [0.15, 0.2) is 24.3 Å². The minimum atomic E-state index is -1.97. The summed E-state index contributed by atoms with van der Waals surface area (Å²) in [5.41, 5.74) is 0. The van der Waals surface area contributed by atoms with Gasteiger partial charge in [-0.15, -0.1) is 0 Å². The van der Waals surface area contributed by atoms with Gasteiger partial charge in [0, 0.05) is 6.42 Å². The Morgan fingerprint density at radius 2 is 1.07 bits per heavy atom. The van der Waals surface area contributed by atoms with Gasteiger partial charge in [0.1, 0.15) is 73.2 Å². The van der Waals surface area contributed by atoms with Crippen molar-refractivity contribution in [1.29, 1.82) is 0 Å². The highest BCUT2D eigenvalue weighted by molar-refractivity contribution is 5.76. The summed E-state index contributed by atoms with van der Waals surface area (Å²) in [5.74, 6) is -0.309. The van der Waals surface area contributed by atoms with E-state index < -0.39 is 124 Å². The summed E-state index contributed by atoms with van der Waals surface area (Å²) >= 11 is 0. The molecule has 60 heavy (non-hydrogen) atoms. The predicted molar refractivity (Wildman–Crippen MR) is 213 cm³/mol. The minimum absolute atomic E-state index is 0.227.